The SMILES string of the molecule is C1=CNNC1.C1=NCCCN1.C1=NCCCO1.C1=NCCCS1.C1=NCCN1.C1=NNCCC1.C1=NNCCO1.C1=NOCC1.C1=NOCCC1.C1=NOCCO1.C1=NSCC1.C1=NSCCC1.CC.CC.CC.CC.CC.CC.CC.CC.CC.CC.CC.CC.CC.CC.CC.CC.CC.CC.CC.CC.CC.CC.CC.CC. The molecule has 0 bridgehead atoms. The Kier molecular flexibility index (Phi) is 504. The first-order valence-electron chi connectivity index (χ1n) is 47.2. The number of hydrogen-bond donors (Lipinski definition) is 6. The van der Waals surface area contributed by atoms with Crippen molar-refractivity contribution in [2.75, 3.05) is 116 Å². The van der Waals surface area contributed by atoms with Crippen LogP contribution in [0.5, 0.6) is 0 Å². The average molecular weight is 1730 g/mol. The molecule has 0 aromatic rings. The molecule has 23 nitrogen and oxygen atoms in total. The van der Waals surface area contributed by atoms with Crippen LogP contribution in [0.25, 0.3) is 0 Å². The lowest BCUT2D eigenvalue weighted by atomic mass is 10.3. The van der Waals surface area contributed by atoms with Gasteiger partial charge in [-0.2, -0.15) is 5.10 Å². The molecule has 720 valence electrons. The Morgan fingerprint density at radius 1 is 0.284 bits per heavy atom. The Labute approximate surface area is 746 Å². The second-order valence-corrected chi connectivity index (χ2v) is 16.1. The Morgan fingerprint density at radius 3 is 0.828 bits per heavy atom. The van der Waals surface area contributed by atoms with Gasteiger partial charge in [-0.1, -0.05) is 354 Å². The highest BCUT2D eigenvalue weighted by molar-refractivity contribution is 8.12. The molecule has 0 amide bonds. The number of thioether (sulfide) groups is 1. The predicted octanol–water partition coefficient (Wildman–Crippen LogP) is 29.1. The number of hydrazone groups is 2. The van der Waals surface area contributed by atoms with Gasteiger partial charge in [-0.3, -0.25) is 20.0 Å². The fourth-order valence-electron chi connectivity index (χ4n) is 4.21. The molecule has 12 aliphatic rings. The minimum Gasteiger partial charge on any atom is -0.483 e. The number of ether oxygens (including phenoxy) is 3. The molecule has 26 heteroatoms. The summed E-state index contributed by atoms with van der Waals surface area (Å²) in [6.45, 7) is 109. The van der Waals surface area contributed by atoms with E-state index in [0.717, 1.165) is 117 Å². The van der Waals surface area contributed by atoms with Crippen LogP contribution in [0.1, 0.15) is 403 Å². The van der Waals surface area contributed by atoms with Gasteiger partial charge in [0.15, 0.2) is 19.4 Å². The second kappa shape index (κ2) is 329. The predicted molar refractivity (Wildman–Crippen MR) is 561 cm³/mol. The quantitative estimate of drug-likeness (QED) is 0.123. The molecule has 116 heavy (non-hydrogen) atoms. The first-order chi connectivity index (χ1) is 58.0. The largest absolute Gasteiger partial charge is 0.483 e. The highest BCUT2D eigenvalue weighted by Gasteiger charge is 1.93. The van der Waals surface area contributed by atoms with Crippen molar-refractivity contribution < 1.29 is 28.7 Å². The molecule has 0 fully saturated rings. The van der Waals surface area contributed by atoms with E-state index in [0.29, 0.717) is 13.2 Å². The molecule has 0 radical (unpaired) electrons. The number of hydrogen-bond acceptors (Lipinski definition) is 26. The van der Waals surface area contributed by atoms with Gasteiger partial charge >= 0.3 is 0 Å². The zero-order valence-electron chi connectivity index (χ0n) is 87.6. The Bertz CT molecular complexity index is 1100. The monoisotopic (exact) mass is 1730 g/mol. The summed E-state index contributed by atoms with van der Waals surface area (Å²) in [5.41, 5.74) is 13.2. The van der Waals surface area contributed by atoms with Gasteiger partial charge < -0.3 is 55.6 Å². The van der Waals surface area contributed by atoms with Crippen molar-refractivity contribution in [3.63, 3.8) is 0 Å². The lowest BCUT2D eigenvalue weighted by Gasteiger charge is -2.03. The van der Waals surface area contributed by atoms with Crippen molar-refractivity contribution >= 4 is 104 Å². The third kappa shape index (κ3) is 320. The number of rotatable bonds is 0. The number of oxime groups is 3. The average Bonchev–Trinajstić information content (AvgIpc) is 2.53. The number of hydrazine groups is 1. The van der Waals surface area contributed by atoms with Crippen LogP contribution < -0.4 is 32.3 Å². The first kappa shape index (κ1) is 177. The molecule has 0 aromatic heterocycles. The van der Waals surface area contributed by atoms with Crippen molar-refractivity contribution in [3.05, 3.63) is 12.3 Å². The molecule has 6 N–H and O–H groups in total. The van der Waals surface area contributed by atoms with Crippen LogP contribution in [-0.2, 0) is 28.7 Å². The van der Waals surface area contributed by atoms with Crippen LogP contribution >= 0.6 is 35.7 Å². The Balaban J connectivity index is -0.0000000346. The fraction of sp³-hybridized carbons (Fsp3) is 0.856. The zero-order valence-corrected chi connectivity index (χ0v) is 90.1. The van der Waals surface area contributed by atoms with Crippen molar-refractivity contribution in [1.82, 2.24) is 32.3 Å². The van der Waals surface area contributed by atoms with Crippen LogP contribution in [0.4, 0.5) is 0 Å². The summed E-state index contributed by atoms with van der Waals surface area (Å²) in [4.78, 5) is 29.3. The van der Waals surface area contributed by atoms with Crippen molar-refractivity contribution in [2.24, 2.45) is 54.4 Å². The standard InChI is InChI=1S/2C4H8N2.2C4H7NO.2C4H7NS.C3H6N2O.2C3H6N2.C3H5NO2.C3H5NO.C3H5NS.24C2H6/c1-2-5-4-6-3-1;1-2-4-6-5-3-1;1-2-5-4-6-3-1;1-2-4-6-5-3-1;1-2-5-4-6-3-1;1-2-4-6-5-3-1;1-2-6-3-5-4-1;1-2-5-3-4-1;1-2-4-5-3-1;1-2-6-4-3-5-1;2*1-2-4-5-3-1;24*1-2/h4H,1-3H2,(H,5,6);3,6H,1-2,4H2;4H,1-3H2;3H,1-2,4H2;4H,1-3H2;3H,1-2,4H2;3-4H,1-2H2;3H,1-2H2,(H,4,5);1-2,4-5H,3H2;3H,1-2H2;2*2H,1,3H2;24*1-2H3. The van der Waals surface area contributed by atoms with E-state index in [1.165, 1.54) is 75.0 Å². The molecule has 0 saturated heterocycles. The van der Waals surface area contributed by atoms with E-state index in [4.69, 9.17) is 9.47 Å². The van der Waals surface area contributed by atoms with Gasteiger partial charge in [0.1, 0.15) is 26.4 Å². The van der Waals surface area contributed by atoms with Gasteiger partial charge in [0.25, 0.3) is 0 Å². The molecule has 12 rings (SSSR count). The van der Waals surface area contributed by atoms with Crippen molar-refractivity contribution in [2.45, 2.75) is 403 Å². The molecular weight excluding hydrogens is 1510 g/mol. The van der Waals surface area contributed by atoms with Gasteiger partial charge in [0, 0.05) is 113 Å². The molecule has 0 unspecified atom stereocenters. The molecule has 0 spiro atoms. The molecule has 12 aliphatic heterocycles. The lowest BCUT2D eigenvalue weighted by Crippen LogP contribution is -2.19. The van der Waals surface area contributed by atoms with Gasteiger partial charge in [-0.25, -0.2) is 14.2 Å². The van der Waals surface area contributed by atoms with Crippen LogP contribution in [0.15, 0.2) is 66.7 Å². The Morgan fingerprint density at radius 2 is 0.724 bits per heavy atom. The van der Waals surface area contributed by atoms with Crippen LogP contribution in [0.3, 0.4) is 0 Å². The van der Waals surface area contributed by atoms with E-state index in [2.05, 4.69) is 106 Å². The minimum atomic E-state index is 0.580. The van der Waals surface area contributed by atoms with Gasteiger partial charge in [0.05, 0.1) is 37.9 Å². The summed E-state index contributed by atoms with van der Waals surface area (Å²) in [6, 6.07) is 0. The fourth-order valence-corrected chi connectivity index (χ4v) is 5.96. The third-order valence-corrected chi connectivity index (χ3v) is 9.84. The van der Waals surface area contributed by atoms with Gasteiger partial charge in [-0.15, -0.1) is 16.9 Å². The normalized spacial score (nSPS) is 12.9. The highest BCUT2D eigenvalue weighted by Crippen LogP contribution is 2.09. The molecular formula is C90H221N17O6S3. The van der Waals surface area contributed by atoms with Crippen molar-refractivity contribution in [1.29, 1.82) is 0 Å². The van der Waals surface area contributed by atoms with E-state index in [9.17, 15) is 0 Å². The summed E-state index contributed by atoms with van der Waals surface area (Å²) in [6.07, 6.45) is 33.8. The van der Waals surface area contributed by atoms with Crippen molar-refractivity contribution in [3.8, 4) is 0 Å². The van der Waals surface area contributed by atoms with Gasteiger partial charge in [-0.05, 0) is 81.7 Å². The number of nitrogens with one attached hydrogen (secondary N) is 6. The number of nitrogens with zero attached hydrogens (tertiary/aromatic N) is 11. The third-order valence-electron chi connectivity index (χ3n) is 7.53. The zero-order chi connectivity index (χ0) is 96.1. The summed E-state index contributed by atoms with van der Waals surface area (Å²) in [7, 11) is 0. The molecule has 0 atom stereocenters. The Hall–Kier alpha value is -5.08. The van der Waals surface area contributed by atoms with Crippen LogP contribution in [0, 0.1) is 0 Å². The summed E-state index contributed by atoms with van der Waals surface area (Å²) in [5, 5.41) is 23.6. The van der Waals surface area contributed by atoms with E-state index in [-0.39, 0.29) is 0 Å². The maximum atomic E-state index is 4.78. The second-order valence-electron chi connectivity index (χ2n) is 13.4. The maximum absolute atomic E-state index is 4.78. The van der Waals surface area contributed by atoms with E-state index in [1.807, 2.05) is 369 Å². The highest BCUT2D eigenvalue weighted by atomic mass is 32.2. The van der Waals surface area contributed by atoms with Crippen LogP contribution in [-0.4, -0.2) is 184 Å². The molecule has 0 aliphatic carbocycles. The lowest BCUT2D eigenvalue weighted by molar-refractivity contribution is 0.0719. The topological polar surface area (TPSA) is 264 Å². The van der Waals surface area contributed by atoms with E-state index in [1.54, 1.807) is 60.8 Å². The molecule has 0 saturated carbocycles. The van der Waals surface area contributed by atoms with E-state index >= 15 is 0 Å². The minimum absolute atomic E-state index is 0.580. The van der Waals surface area contributed by atoms with Crippen LogP contribution in [0.2, 0.25) is 0 Å². The summed E-state index contributed by atoms with van der Waals surface area (Å²) < 4.78 is 22.0. The smallest absolute Gasteiger partial charge is 0.212 e. The molecule has 0 aromatic carbocycles. The maximum Gasteiger partial charge on any atom is 0.212 e. The van der Waals surface area contributed by atoms with E-state index < -0.39 is 0 Å². The van der Waals surface area contributed by atoms with Gasteiger partial charge in [0.2, 0.25) is 6.40 Å². The first-order valence-corrected chi connectivity index (χ1v) is 50.1. The summed E-state index contributed by atoms with van der Waals surface area (Å²) in [5.74, 6) is 3.68. The number of aliphatic imine (C=N–C) groups is 4. The molecule has 12 heterocycles. The summed E-state index contributed by atoms with van der Waals surface area (Å²) >= 11 is 5.11.